The van der Waals surface area contributed by atoms with Gasteiger partial charge in [-0.15, -0.1) is 0 Å². The molecule has 8 rings (SSSR count). The Labute approximate surface area is 281 Å². The second-order valence-electron chi connectivity index (χ2n) is 14.0. The molecule has 4 aliphatic rings. The first-order valence-corrected chi connectivity index (χ1v) is 17.0. The van der Waals surface area contributed by atoms with E-state index < -0.39 is 35.6 Å². The number of alkyl halides is 1. The van der Waals surface area contributed by atoms with Gasteiger partial charge in [-0.2, -0.15) is 9.97 Å². The zero-order valence-electron chi connectivity index (χ0n) is 27.4. The summed E-state index contributed by atoms with van der Waals surface area (Å²) in [6, 6.07) is 5.84. The molecule has 0 unspecified atom stereocenters. The molecule has 1 aliphatic carbocycles. The van der Waals surface area contributed by atoms with Crippen molar-refractivity contribution in [3.8, 4) is 23.0 Å². The molecule has 5 atom stereocenters. The third-order valence-corrected chi connectivity index (χ3v) is 11.0. The molecule has 3 aliphatic heterocycles. The molecular weight excluding hydrogens is 639 g/mol. The van der Waals surface area contributed by atoms with E-state index in [4.69, 9.17) is 14.5 Å². The van der Waals surface area contributed by atoms with Crippen LogP contribution in [0.5, 0.6) is 11.8 Å². The van der Waals surface area contributed by atoms with Crippen LogP contribution in [0.15, 0.2) is 30.5 Å². The minimum absolute atomic E-state index is 0.0338. The van der Waals surface area contributed by atoms with Crippen LogP contribution >= 0.6 is 0 Å². The maximum atomic E-state index is 17.1. The van der Waals surface area contributed by atoms with E-state index in [0.29, 0.717) is 66.4 Å². The van der Waals surface area contributed by atoms with Crippen molar-refractivity contribution in [2.75, 3.05) is 44.8 Å². The smallest absolute Gasteiger partial charge is 0.461 e. The summed E-state index contributed by atoms with van der Waals surface area (Å²) in [5.74, 6) is -0.393. The van der Waals surface area contributed by atoms with Crippen LogP contribution in [0.4, 0.5) is 23.8 Å². The van der Waals surface area contributed by atoms with Crippen LogP contribution in [0, 0.1) is 23.5 Å². The van der Waals surface area contributed by atoms with Crippen LogP contribution in [0.2, 0.25) is 0 Å². The highest BCUT2D eigenvalue weighted by atomic mass is 19.1. The molecule has 4 fully saturated rings. The Morgan fingerprint density at radius 1 is 1.14 bits per heavy atom. The van der Waals surface area contributed by atoms with Crippen molar-refractivity contribution in [3.05, 3.63) is 47.7 Å². The molecule has 0 amide bonds. The van der Waals surface area contributed by atoms with Crippen LogP contribution in [-0.2, 0) is 11.2 Å². The number of aryl methyl sites for hydroxylation is 1. The molecule has 1 saturated carbocycles. The average Bonchev–Trinajstić information content (AvgIpc) is 3.71. The van der Waals surface area contributed by atoms with Crippen molar-refractivity contribution in [3.63, 3.8) is 0 Å². The standard InChI is InChI=1S/C36H38F3N5O5/c1-3-24-27(38)6-5-20-11-23(49-35(46)47-2)12-25(29(20)24)31-30(39)32-26(14-40-31)33(43-15-19-9-21(16-43)28(45)10-19)42-34(41-32)48-18-36-7-4-8-44(36)17-22(37)13-36/h5-6,11-12,14,19,21-22,28,45H,3-4,7-10,13,15-18H2,1-2H3/t19-,21-,22-,28-,36+/m1/s1. The first kappa shape index (κ1) is 32.0. The predicted octanol–water partition coefficient (Wildman–Crippen LogP) is 5.99. The van der Waals surface area contributed by atoms with Gasteiger partial charge in [0.1, 0.15) is 41.4 Å². The van der Waals surface area contributed by atoms with E-state index in [0.717, 1.165) is 25.8 Å². The lowest BCUT2D eigenvalue weighted by Crippen LogP contribution is -2.43. The number of ether oxygens (including phenoxy) is 3. The lowest BCUT2D eigenvalue weighted by atomic mass is 9.94. The third kappa shape index (κ3) is 5.51. The molecule has 0 spiro atoms. The summed E-state index contributed by atoms with van der Waals surface area (Å²) in [5, 5.41) is 12.0. The number of aliphatic hydroxyl groups excluding tert-OH is 1. The van der Waals surface area contributed by atoms with Crippen LogP contribution < -0.4 is 14.4 Å². The maximum Gasteiger partial charge on any atom is 0.513 e. The predicted molar refractivity (Wildman–Crippen MR) is 176 cm³/mol. The van der Waals surface area contributed by atoms with Gasteiger partial charge in [0, 0.05) is 43.7 Å². The van der Waals surface area contributed by atoms with Gasteiger partial charge in [0.15, 0.2) is 5.82 Å². The second-order valence-corrected chi connectivity index (χ2v) is 14.0. The van der Waals surface area contributed by atoms with E-state index in [9.17, 15) is 14.3 Å². The number of fused-ring (bicyclic) bond motifs is 5. The Morgan fingerprint density at radius 3 is 2.80 bits per heavy atom. The molecule has 258 valence electrons. The minimum Gasteiger partial charge on any atom is -0.461 e. The number of hydrogen-bond acceptors (Lipinski definition) is 10. The lowest BCUT2D eigenvalue weighted by Gasteiger charge is -2.34. The largest absolute Gasteiger partial charge is 0.513 e. The van der Waals surface area contributed by atoms with Crippen molar-refractivity contribution in [2.45, 2.75) is 63.3 Å². The van der Waals surface area contributed by atoms with Gasteiger partial charge in [0.25, 0.3) is 0 Å². The van der Waals surface area contributed by atoms with Crippen LogP contribution in [-0.4, -0.2) is 88.8 Å². The Bertz CT molecular complexity index is 1960. The Morgan fingerprint density at radius 2 is 2.00 bits per heavy atom. The third-order valence-electron chi connectivity index (χ3n) is 11.0. The van der Waals surface area contributed by atoms with E-state index in [-0.39, 0.29) is 47.0 Å². The molecule has 13 heteroatoms. The molecule has 0 radical (unpaired) electrons. The van der Waals surface area contributed by atoms with Crippen molar-refractivity contribution in [1.82, 2.24) is 19.9 Å². The number of benzene rings is 2. The van der Waals surface area contributed by atoms with Gasteiger partial charge in [-0.1, -0.05) is 13.0 Å². The summed E-state index contributed by atoms with van der Waals surface area (Å²) in [6.45, 7) is 4.28. The summed E-state index contributed by atoms with van der Waals surface area (Å²) >= 11 is 0. The first-order valence-electron chi connectivity index (χ1n) is 17.0. The molecule has 3 saturated heterocycles. The minimum atomic E-state index is -0.962. The highest BCUT2D eigenvalue weighted by Gasteiger charge is 2.49. The van der Waals surface area contributed by atoms with Gasteiger partial charge in [0.05, 0.1) is 24.1 Å². The zero-order chi connectivity index (χ0) is 34.0. The number of aliphatic hydroxyl groups is 1. The van der Waals surface area contributed by atoms with Gasteiger partial charge in [-0.25, -0.2) is 18.0 Å². The average molecular weight is 678 g/mol. The summed E-state index contributed by atoms with van der Waals surface area (Å²) in [4.78, 5) is 30.2. The molecule has 2 aromatic heterocycles. The SMILES string of the molecule is CCc1c(F)ccc2cc(OC(=O)OC)cc(-c3ncc4c(N5C[C@@H]6C[C@H](C5)[C@H](O)C6)nc(OC[C@@]56CCCN5C[C@H](F)C6)nc4c3F)c12. The summed E-state index contributed by atoms with van der Waals surface area (Å²) in [6.07, 6.45) is 3.20. The molecular formula is C36H38F3N5O5. The van der Waals surface area contributed by atoms with Crippen molar-refractivity contribution in [1.29, 1.82) is 0 Å². The van der Waals surface area contributed by atoms with Crippen LogP contribution in [0.25, 0.3) is 32.9 Å². The lowest BCUT2D eigenvalue weighted by molar-refractivity contribution is 0.107. The van der Waals surface area contributed by atoms with E-state index in [1.165, 1.54) is 25.4 Å². The quantitative estimate of drug-likeness (QED) is 0.185. The zero-order valence-corrected chi connectivity index (χ0v) is 27.4. The molecule has 49 heavy (non-hydrogen) atoms. The number of hydrogen-bond donors (Lipinski definition) is 1. The molecule has 4 aromatic rings. The van der Waals surface area contributed by atoms with E-state index >= 15 is 8.78 Å². The number of carbonyl (C=O) groups is 1. The van der Waals surface area contributed by atoms with Crippen LogP contribution in [0.3, 0.4) is 0 Å². The fourth-order valence-corrected chi connectivity index (χ4v) is 8.78. The Kier molecular flexibility index (Phi) is 8.02. The summed E-state index contributed by atoms with van der Waals surface area (Å²) in [7, 11) is 1.18. The fourth-order valence-electron chi connectivity index (χ4n) is 8.78. The molecule has 10 nitrogen and oxygen atoms in total. The number of carbonyl (C=O) groups excluding carboxylic acids is 1. The number of pyridine rings is 1. The first-order chi connectivity index (χ1) is 23.7. The number of piperidine rings is 1. The number of rotatable bonds is 7. The van der Waals surface area contributed by atoms with Crippen molar-refractivity contribution >= 4 is 33.6 Å². The molecule has 5 heterocycles. The second kappa shape index (κ2) is 12.3. The normalized spacial score (nSPS) is 26.4. The Hall–Kier alpha value is -4.23. The van der Waals surface area contributed by atoms with Gasteiger partial charge in [0.2, 0.25) is 0 Å². The summed E-state index contributed by atoms with van der Waals surface area (Å²) in [5.41, 5.74) is -0.0469. The molecule has 2 bridgehead atoms. The topological polar surface area (TPSA) is 110 Å². The fraction of sp³-hybridized carbons (Fsp3) is 0.500. The number of anilines is 1. The highest BCUT2D eigenvalue weighted by molar-refractivity contribution is 6.02. The van der Waals surface area contributed by atoms with Crippen molar-refractivity contribution < 1.29 is 37.3 Å². The van der Waals surface area contributed by atoms with E-state index in [1.54, 1.807) is 19.1 Å². The summed E-state index contributed by atoms with van der Waals surface area (Å²) < 4.78 is 63.1. The van der Waals surface area contributed by atoms with Gasteiger partial charge in [-0.3, -0.25) is 9.88 Å². The van der Waals surface area contributed by atoms with Gasteiger partial charge < -0.3 is 24.2 Å². The number of methoxy groups -OCH3 is 1. The molecule has 2 aromatic carbocycles. The molecule has 1 N–H and O–H groups in total. The monoisotopic (exact) mass is 677 g/mol. The number of aromatic nitrogens is 3. The van der Waals surface area contributed by atoms with Crippen LogP contribution in [0.1, 0.15) is 44.6 Å². The maximum absolute atomic E-state index is 17.1. The highest BCUT2D eigenvalue weighted by Crippen LogP contribution is 2.44. The number of nitrogens with zero attached hydrogens (tertiary/aromatic N) is 5. The van der Waals surface area contributed by atoms with Gasteiger partial charge >= 0.3 is 12.2 Å². The van der Waals surface area contributed by atoms with E-state index in [1.807, 2.05) is 4.90 Å². The van der Waals surface area contributed by atoms with E-state index in [2.05, 4.69) is 19.6 Å². The van der Waals surface area contributed by atoms with Gasteiger partial charge in [-0.05, 0) is 79.1 Å². The van der Waals surface area contributed by atoms with Crippen molar-refractivity contribution in [2.24, 2.45) is 11.8 Å². The number of halogens is 3. The Balaban J connectivity index is 1.28.